The fourth-order valence-corrected chi connectivity index (χ4v) is 1.75. The van der Waals surface area contributed by atoms with Crippen LogP contribution < -0.4 is 5.73 Å². The van der Waals surface area contributed by atoms with Crippen LogP contribution in [0.25, 0.3) is 0 Å². The summed E-state index contributed by atoms with van der Waals surface area (Å²) in [7, 11) is 0. The summed E-state index contributed by atoms with van der Waals surface area (Å²) in [5.74, 6) is 0. The summed E-state index contributed by atoms with van der Waals surface area (Å²) in [6.45, 7) is 6.20. The lowest BCUT2D eigenvalue weighted by Crippen LogP contribution is -2.31. The number of hydrogen-bond donors (Lipinski definition) is 4. The quantitative estimate of drug-likeness (QED) is 0.243. The van der Waals surface area contributed by atoms with Gasteiger partial charge >= 0.3 is 0 Å². The molecule has 4 unspecified atom stereocenters. The fourth-order valence-electron chi connectivity index (χ4n) is 1.75. The Morgan fingerprint density at radius 3 is 1.76 bits per heavy atom. The zero-order valence-electron chi connectivity index (χ0n) is 15.6. The van der Waals surface area contributed by atoms with Crippen molar-refractivity contribution < 1.29 is 34.3 Å². The minimum atomic E-state index is -0.693. The van der Waals surface area contributed by atoms with Crippen LogP contribution in [0.3, 0.4) is 0 Å². The van der Waals surface area contributed by atoms with Crippen molar-refractivity contribution in [3.05, 3.63) is 0 Å². The monoisotopic (exact) mass is 367 g/mol. The second-order valence-electron chi connectivity index (χ2n) is 6.01. The van der Waals surface area contributed by atoms with Crippen LogP contribution in [0, 0.1) is 0 Å². The van der Waals surface area contributed by atoms with E-state index in [1.54, 1.807) is 0 Å². The first kappa shape index (κ1) is 24.7. The van der Waals surface area contributed by atoms with Crippen molar-refractivity contribution in [1.82, 2.24) is 0 Å². The van der Waals surface area contributed by atoms with Crippen molar-refractivity contribution in [2.45, 2.75) is 57.5 Å². The molecule has 0 aliphatic rings. The number of aliphatic hydroxyl groups excluding tert-OH is 3. The molecule has 0 aliphatic carbocycles. The normalized spacial score (nSPS) is 16.6. The number of rotatable bonds is 18. The predicted molar refractivity (Wildman–Crippen MR) is 94.5 cm³/mol. The third-order valence-corrected chi connectivity index (χ3v) is 3.54. The lowest BCUT2D eigenvalue weighted by molar-refractivity contribution is -0.0838. The molecule has 0 saturated heterocycles. The van der Waals surface area contributed by atoms with Gasteiger partial charge in [-0.05, 0) is 19.3 Å². The molecular weight excluding hydrogens is 330 g/mol. The second-order valence-corrected chi connectivity index (χ2v) is 6.01. The van der Waals surface area contributed by atoms with Gasteiger partial charge in [0.15, 0.2) is 0 Å². The molecule has 0 rings (SSSR count). The maximum Gasteiger partial charge on any atom is 0.104 e. The summed E-state index contributed by atoms with van der Waals surface area (Å²) >= 11 is 0. The first-order valence-corrected chi connectivity index (χ1v) is 9.12. The number of ether oxygens (including phenoxy) is 4. The van der Waals surface area contributed by atoms with Crippen LogP contribution in [0.1, 0.15) is 33.1 Å². The van der Waals surface area contributed by atoms with E-state index in [9.17, 15) is 15.3 Å². The first-order chi connectivity index (χ1) is 12.0. The lowest BCUT2D eigenvalue weighted by Gasteiger charge is -2.20. The van der Waals surface area contributed by atoms with Gasteiger partial charge in [-0.1, -0.05) is 13.8 Å². The first-order valence-electron chi connectivity index (χ1n) is 9.12. The third-order valence-electron chi connectivity index (χ3n) is 3.54. The van der Waals surface area contributed by atoms with Gasteiger partial charge in [-0.15, -0.1) is 0 Å². The van der Waals surface area contributed by atoms with Crippen molar-refractivity contribution >= 4 is 0 Å². The van der Waals surface area contributed by atoms with E-state index in [1.165, 1.54) is 0 Å². The average Bonchev–Trinajstić information content (AvgIpc) is 2.63. The molecule has 0 bridgehead atoms. The van der Waals surface area contributed by atoms with Crippen LogP contribution in [0.15, 0.2) is 0 Å². The Labute approximate surface area is 151 Å². The molecule has 0 aliphatic heterocycles. The second kappa shape index (κ2) is 17.1. The van der Waals surface area contributed by atoms with Gasteiger partial charge in [-0.2, -0.15) is 0 Å². The van der Waals surface area contributed by atoms with Gasteiger partial charge in [0, 0.05) is 19.8 Å². The van der Waals surface area contributed by atoms with Crippen molar-refractivity contribution in [3.8, 4) is 0 Å². The smallest absolute Gasteiger partial charge is 0.104 e. The molecule has 152 valence electrons. The van der Waals surface area contributed by atoms with Crippen molar-refractivity contribution in [1.29, 1.82) is 0 Å². The van der Waals surface area contributed by atoms with Crippen molar-refractivity contribution in [2.24, 2.45) is 5.73 Å². The Balaban J connectivity index is 3.94. The van der Waals surface area contributed by atoms with Crippen molar-refractivity contribution in [2.75, 3.05) is 52.8 Å². The van der Waals surface area contributed by atoms with Gasteiger partial charge in [-0.3, -0.25) is 0 Å². The van der Waals surface area contributed by atoms with E-state index >= 15 is 0 Å². The molecule has 8 heteroatoms. The summed E-state index contributed by atoms with van der Waals surface area (Å²) in [4.78, 5) is 0. The highest BCUT2D eigenvalue weighted by Gasteiger charge is 2.13. The Morgan fingerprint density at radius 1 is 0.720 bits per heavy atom. The van der Waals surface area contributed by atoms with Crippen LogP contribution in [0.2, 0.25) is 0 Å². The molecule has 0 heterocycles. The summed E-state index contributed by atoms with van der Waals surface area (Å²) in [5.41, 5.74) is 5.33. The van der Waals surface area contributed by atoms with E-state index in [2.05, 4.69) is 0 Å². The molecule has 0 amide bonds. The standard InChI is InChI=1S/C17H37NO7/c1-3-14(19)9-22-6-5-7-25-17(12-23-10-15(20)4-2)13-24-11-16(21)8-18/h14-17,19-21H,3-13,18H2,1-2H3. The molecule has 0 spiro atoms. The summed E-state index contributed by atoms with van der Waals surface area (Å²) in [6.07, 6.45) is 0.0956. The molecule has 8 nitrogen and oxygen atoms in total. The molecule has 5 N–H and O–H groups in total. The molecule has 0 fully saturated rings. The summed E-state index contributed by atoms with van der Waals surface area (Å²) in [6, 6.07) is 0. The van der Waals surface area contributed by atoms with Gasteiger partial charge in [-0.25, -0.2) is 0 Å². The van der Waals surface area contributed by atoms with Crippen LogP contribution in [0.4, 0.5) is 0 Å². The van der Waals surface area contributed by atoms with Gasteiger partial charge in [0.25, 0.3) is 0 Å². The van der Waals surface area contributed by atoms with E-state index in [0.29, 0.717) is 45.7 Å². The Kier molecular flexibility index (Phi) is 16.9. The van der Waals surface area contributed by atoms with E-state index in [-0.39, 0.29) is 32.5 Å². The zero-order chi connectivity index (χ0) is 18.9. The largest absolute Gasteiger partial charge is 0.391 e. The molecule has 0 saturated carbocycles. The maximum absolute atomic E-state index is 9.51. The van der Waals surface area contributed by atoms with E-state index in [1.807, 2.05) is 13.8 Å². The molecule has 0 radical (unpaired) electrons. The molecule has 25 heavy (non-hydrogen) atoms. The highest BCUT2D eigenvalue weighted by Crippen LogP contribution is 2.01. The number of hydrogen-bond acceptors (Lipinski definition) is 8. The van der Waals surface area contributed by atoms with E-state index in [0.717, 1.165) is 0 Å². The third kappa shape index (κ3) is 15.6. The lowest BCUT2D eigenvalue weighted by atomic mass is 10.3. The Morgan fingerprint density at radius 2 is 1.24 bits per heavy atom. The molecule has 0 aromatic heterocycles. The molecular formula is C17H37NO7. The Hall–Kier alpha value is -0.320. The topological polar surface area (TPSA) is 124 Å². The highest BCUT2D eigenvalue weighted by molar-refractivity contribution is 4.60. The highest BCUT2D eigenvalue weighted by atomic mass is 16.6. The minimum absolute atomic E-state index is 0.145. The van der Waals surface area contributed by atoms with Gasteiger partial charge in [0.05, 0.1) is 51.3 Å². The zero-order valence-corrected chi connectivity index (χ0v) is 15.6. The van der Waals surface area contributed by atoms with Gasteiger partial charge in [0.1, 0.15) is 6.10 Å². The van der Waals surface area contributed by atoms with Gasteiger partial charge < -0.3 is 40.0 Å². The molecule has 0 aromatic rings. The molecule has 4 atom stereocenters. The SMILES string of the molecule is CCC(O)COCCCOC(COCC(O)CC)COCC(O)CN. The average molecular weight is 367 g/mol. The van der Waals surface area contributed by atoms with E-state index in [4.69, 9.17) is 24.7 Å². The predicted octanol–water partition coefficient (Wildman–Crippen LogP) is -0.327. The molecule has 0 aromatic carbocycles. The number of aliphatic hydroxyl groups is 3. The number of nitrogens with two attached hydrogens (primary N) is 1. The van der Waals surface area contributed by atoms with E-state index < -0.39 is 18.3 Å². The Bertz CT molecular complexity index is 268. The van der Waals surface area contributed by atoms with Crippen LogP contribution >= 0.6 is 0 Å². The fraction of sp³-hybridized carbons (Fsp3) is 1.00. The van der Waals surface area contributed by atoms with Crippen LogP contribution in [0.5, 0.6) is 0 Å². The van der Waals surface area contributed by atoms with Crippen molar-refractivity contribution in [3.63, 3.8) is 0 Å². The summed E-state index contributed by atoms with van der Waals surface area (Å²) < 4.78 is 21.9. The minimum Gasteiger partial charge on any atom is -0.391 e. The van der Waals surface area contributed by atoms with Crippen LogP contribution in [-0.4, -0.2) is 92.5 Å². The summed E-state index contributed by atoms with van der Waals surface area (Å²) in [5, 5.41) is 28.3. The van der Waals surface area contributed by atoms with Crippen LogP contribution in [-0.2, 0) is 18.9 Å². The van der Waals surface area contributed by atoms with Gasteiger partial charge in [0.2, 0.25) is 0 Å². The maximum atomic E-state index is 9.51.